The molecule has 2 aromatic carbocycles. The maximum atomic E-state index is 13.2. The largest absolute Gasteiger partial charge is 0.378 e. The number of barbiturate groups is 1. The Balaban J connectivity index is 1.73. The summed E-state index contributed by atoms with van der Waals surface area (Å²) in [6.45, 7) is 6.49. The van der Waals surface area contributed by atoms with Crippen LogP contribution < -0.4 is 15.1 Å². The highest BCUT2D eigenvalue weighted by Gasteiger charge is 2.37. The van der Waals surface area contributed by atoms with Crippen LogP contribution in [0.2, 0.25) is 0 Å². The van der Waals surface area contributed by atoms with Crippen LogP contribution in [0.1, 0.15) is 16.7 Å². The number of imide groups is 2. The van der Waals surface area contributed by atoms with E-state index in [0.717, 1.165) is 40.4 Å². The molecule has 7 nitrogen and oxygen atoms in total. The van der Waals surface area contributed by atoms with Crippen molar-refractivity contribution in [1.29, 1.82) is 0 Å². The van der Waals surface area contributed by atoms with Crippen LogP contribution in [0.5, 0.6) is 0 Å². The number of carbonyl (C=O) groups excluding carboxylic acids is 3. The van der Waals surface area contributed by atoms with Gasteiger partial charge in [0, 0.05) is 18.8 Å². The number of rotatable bonds is 3. The van der Waals surface area contributed by atoms with Gasteiger partial charge in [-0.25, -0.2) is 9.69 Å². The number of para-hydroxylation sites is 1. The van der Waals surface area contributed by atoms with Gasteiger partial charge in [0.05, 0.1) is 18.9 Å². The Hall–Kier alpha value is -3.45. The maximum Gasteiger partial charge on any atom is 0.335 e. The first kappa shape index (κ1) is 19.8. The van der Waals surface area contributed by atoms with Crippen LogP contribution in [0.15, 0.2) is 48.0 Å². The fraction of sp³-hybridized carbons (Fsp3) is 0.261. The molecule has 0 saturated carbocycles. The van der Waals surface area contributed by atoms with E-state index in [0.29, 0.717) is 18.9 Å². The van der Waals surface area contributed by atoms with Crippen molar-refractivity contribution in [1.82, 2.24) is 5.32 Å². The summed E-state index contributed by atoms with van der Waals surface area (Å²) in [5.74, 6) is -1.33. The van der Waals surface area contributed by atoms with Crippen LogP contribution in [-0.2, 0) is 14.3 Å². The molecular weight excluding hydrogens is 382 g/mol. The zero-order valence-electron chi connectivity index (χ0n) is 17.0. The number of anilines is 2. The van der Waals surface area contributed by atoms with Crippen molar-refractivity contribution < 1.29 is 19.1 Å². The van der Waals surface area contributed by atoms with Gasteiger partial charge in [-0.2, -0.15) is 0 Å². The molecule has 4 rings (SSSR count). The van der Waals surface area contributed by atoms with Crippen molar-refractivity contribution in [3.8, 4) is 0 Å². The predicted molar refractivity (Wildman–Crippen MR) is 114 cm³/mol. The number of nitrogens with one attached hydrogen (secondary N) is 1. The summed E-state index contributed by atoms with van der Waals surface area (Å²) in [6.07, 6.45) is 1.56. The SMILES string of the molecule is Cc1cc(C)cc(N2C(=O)NC(=O)/C(=C/c3ccccc3N3CCOCC3)C2=O)c1. The molecule has 0 bridgehead atoms. The molecule has 0 aromatic heterocycles. The molecule has 0 atom stereocenters. The molecule has 30 heavy (non-hydrogen) atoms. The van der Waals surface area contributed by atoms with Gasteiger partial charge in [-0.1, -0.05) is 24.3 Å². The Morgan fingerprint density at radius 3 is 2.33 bits per heavy atom. The van der Waals surface area contributed by atoms with Crippen molar-refractivity contribution >= 4 is 35.3 Å². The number of urea groups is 1. The number of hydrogen-bond donors (Lipinski definition) is 1. The van der Waals surface area contributed by atoms with E-state index in [1.807, 2.05) is 44.2 Å². The molecule has 1 N–H and O–H groups in total. The maximum absolute atomic E-state index is 13.2. The van der Waals surface area contributed by atoms with Crippen LogP contribution in [0.3, 0.4) is 0 Å². The molecule has 2 fully saturated rings. The molecule has 0 aliphatic carbocycles. The van der Waals surface area contributed by atoms with Gasteiger partial charge in [-0.05, 0) is 54.8 Å². The molecule has 2 heterocycles. The number of benzene rings is 2. The molecule has 2 aromatic rings. The van der Waals surface area contributed by atoms with E-state index in [1.165, 1.54) is 0 Å². The number of aryl methyl sites for hydroxylation is 2. The fourth-order valence-corrected chi connectivity index (χ4v) is 3.83. The topological polar surface area (TPSA) is 79.0 Å². The molecule has 0 spiro atoms. The minimum Gasteiger partial charge on any atom is -0.378 e. The summed E-state index contributed by atoms with van der Waals surface area (Å²) < 4.78 is 5.42. The second kappa shape index (κ2) is 8.12. The summed E-state index contributed by atoms with van der Waals surface area (Å²) >= 11 is 0. The number of morpholine rings is 1. The van der Waals surface area contributed by atoms with E-state index in [2.05, 4.69) is 10.2 Å². The van der Waals surface area contributed by atoms with E-state index in [-0.39, 0.29) is 5.57 Å². The molecule has 0 radical (unpaired) electrons. The number of amides is 4. The lowest BCUT2D eigenvalue weighted by Crippen LogP contribution is -2.54. The molecule has 2 aliphatic heterocycles. The molecular formula is C23H23N3O4. The first-order valence-electron chi connectivity index (χ1n) is 9.85. The van der Waals surface area contributed by atoms with E-state index < -0.39 is 17.8 Å². The van der Waals surface area contributed by atoms with Gasteiger partial charge in [0.15, 0.2) is 0 Å². The van der Waals surface area contributed by atoms with Crippen molar-refractivity contribution in [2.75, 3.05) is 36.1 Å². The third kappa shape index (κ3) is 3.84. The number of carbonyl (C=O) groups is 3. The van der Waals surface area contributed by atoms with E-state index >= 15 is 0 Å². The standard InChI is InChI=1S/C23H23N3O4/c1-15-11-16(2)13-18(12-15)26-22(28)19(21(27)24-23(26)29)14-17-5-3-4-6-20(17)25-7-9-30-10-8-25/h3-6,11-14H,7-10H2,1-2H3,(H,24,27,29)/b19-14-. The van der Waals surface area contributed by atoms with Crippen LogP contribution in [0, 0.1) is 13.8 Å². The minimum atomic E-state index is -0.742. The monoisotopic (exact) mass is 405 g/mol. The average Bonchev–Trinajstić information content (AvgIpc) is 2.71. The van der Waals surface area contributed by atoms with Gasteiger partial charge in [-0.15, -0.1) is 0 Å². The highest BCUT2D eigenvalue weighted by molar-refractivity contribution is 6.39. The molecule has 2 aliphatic rings. The molecule has 7 heteroatoms. The van der Waals surface area contributed by atoms with Crippen LogP contribution in [0.25, 0.3) is 6.08 Å². The number of nitrogens with zero attached hydrogens (tertiary/aromatic N) is 2. The van der Waals surface area contributed by atoms with Crippen molar-refractivity contribution in [3.05, 3.63) is 64.7 Å². The van der Waals surface area contributed by atoms with E-state index in [9.17, 15) is 14.4 Å². The summed E-state index contributed by atoms with van der Waals surface area (Å²) in [6, 6.07) is 12.3. The first-order chi connectivity index (χ1) is 14.4. The number of hydrogen-bond acceptors (Lipinski definition) is 5. The van der Waals surface area contributed by atoms with Gasteiger partial charge in [0.2, 0.25) is 0 Å². The lowest BCUT2D eigenvalue weighted by Gasteiger charge is -2.30. The van der Waals surface area contributed by atoms with Gasteiger partial charge in [-0.3, -0.25) is 14.9 Å². The summed E-state index contributed by atoms with van der Waals surface area (Å²) in [4.78, 5) is 41.4. The fourth-order valence-electron chi connectivity index (χ4n) is 3.83. The summed E-state index contributed by atoms with van der Waals surface area (Å²) in [7, 11) is 0. The second-order valence-corrected chi connectivity index (χ2v) is 7.46. The van der Waals surface area contributed by atoms with Crippen LogP contribution in [-0.4, -0.2) is 44.1 Å². The molecule has 154 valence electrons. The van der Waals surface area contributed by atoms with Gasteiger partial charge < -0.3 is 9.64 Å². The lowest BCUT2D eigenvalue weighted by atomic mass is 10.0. The summed E-state index contributed by atoms with van der Waals surface area (Å²) in [5.41, 5.74) is 3.87. The van der Waals surface area contributed by atoms with Gasteiger partial charge in [0.1, 0.15) is 5.57 Å². The Kier molecular flexibility index (Phi) is 5.37. The Morgan fingerprint density at radius 2 is 1.63 bits per heavy atom. The Labute approximate surface area is 174 Å². The number of ether oxygens (including phenoxy) is 1. The average molecular weight is 405 g/mol. The zero-order valence-corrected chi connectivity index (χ0v) is 17.0. The highest BCUT2D eigenvalue weighted by Crippen LogP contribution is 2.27. The minimum absolute atomic E-state index is 0.0746. The Bertz CT molecular complexity index is 1030. The molecule has 2 saturated heterocycles. The van der Waals surface area contributed by atoms with Crippen LogP contribution >= 0.6 is 0 Å². The second-order valence-electron chi connectivity index (χ2n) is 7.46. The normalized spacial score (nSPS) is 18.7. The predicted octanol–water partition coefficient (Wildman–Crippen LogP) is 2.81. The third-order valence-corrected chi connectivity index (χ3v) is 5.15. The highest BCUT2D eigenvalue weighted by atomic mass is 16.5. The summed E-state index contributed by atoms with van der Waals surface area (Å²) in [5, 5.41) is 2.29. The van der Waals surface area contributed by atoms with Gasteiger partial charge >= 0.3 is 6.03 Å². The molecule has 0 unspecified atom stereocenters. The van der Waals surface area contributed by atoms with Crippen molar-refractivity contribution in [3.63, 3.8) is 0 Å². The van der Waals surface area contributed by atoms with Crippen molar-refractivity contribution in [2.45, 2.75) is 13.8 Å². The zero-order chi connectivity index (χ0) is 21.3. The Morgan fingerprint density at radius 1 is 0.967 bits per heavy atom. The van der Waals surface area contributed by atoms with Crippen molar-refractivity contribution in [2.24, 2.45) is 0 Å². The van der Waals surface area contributed by atoms with E-state index in [1.54, 1.807) is 18.2 Å². The molecule has 4 amide bonds. The lowest BCUT2D eigenvalue weighted by molar-refractivity contribution is -0.122. The smallest absolute Gasteiger partial charge is 0.335 e. The quantitative estimate of drug-likeness (QED) is 0.628. The third-order valence-electron chi connectivity index (χ3n) is 5.15. The van der Waals surface area contributed by atoms with E-state index in [4.69, 9.17) is 4.74 Å². The first-order valence-corrected chi connectivity index (χ1v) is 9.85. The van der Waals surface area contributed by atoms with Crippen LogP contribution in [0.4, 0.5) is 16.2 Å². The van der Waals surface area contributed by atoms with Gasteiger partial charge in [0.25, 0.3) is 11.8 Å².